The summed E-state index contributed by atoms with van der Waals surface area (Å²) >= 11 is 0. The fourth-order valence-corrected chi connectivity index (χ4v) is 6.42. The minimum atomic E-state index is -4.05. The highest BCUT2D eigenvalue weighted by atomic mass is 32.2. The van der Waals surface area contributed by atoms with E-state index in [0.29, 0.717) is 0 Å². The molecule has 1 amide bonds. The number of benzene rings is 1. The summed E-state index contributed by atoms with van der Waals surface area (Å²) in [5.41, 5.74) is 0.182. The Morgan fingerprint density at radius 3 is 1.75 bits per heavy atom. The second-order valence-corrected chi connectivity index (χ2v) is 16.7. The topological polar surface area (TPSA) is 134 Å². The van der Waals surface area contributed by atoms with Crippen LogP contribution in [0, 0.1) is 18.8 Å². The van der Waals surface area contributed by atoms with Gasteiger partial charge in [0.05, 0.1) is 24.7 Å². The number of unbranched alkanes of at least 4 members (excludes halogenated alkanes) is 14. The number of hydrogen-bond donors (Lipinski definition) is 1. The number of aryl methyl sites for hydroxylation is 1. The summed E-state index contributed by atoms with van der Waals surface area (Å²) in [6.07, 6.45) is 18.3. The Hall–Kier alpha value is -2.66. The minimum Gasteiger partial charge on any atom is -0.465 e. The lowest BCUT2D eigenvalue weighted by atomic mass is 10.0. The number of nitrogens with one attached hydrogen (secondary N) is 1. The molecule has 1 rings (SSSR count). The van der Waals surface area contributed by atoms with Crippen molar-refractivity contribution in [2.75, 3.05) is 19.8 Å². The lowest BCUT2D eigenvalue weighted by Gasteiger charge is -2.25. The molecule has 294 valence electrons. The predicted octanol–water partition coefficient (Wildman–Crippen LogP) is 9.60. The Morgan fingerprint density at radius 1 is 0.745 bits per heavy atom. The van der Waals surface area contributed by atoms with Crippen LogP contribution in [0.2, 0.25) is 0 Å². The summed E-state index contributed by atoms with van der Waals surface area (Å²) in [5.74, 6) is -1.83. The van der Waals surface area contributed by atoms with Crippen LogP contribution in [0.5, 0.6) is 0 Å². The second-order valence-electron chi connectivity index (χ2n) is 15.1. The van der Waals surface area contributed by atoms with Crippen molar-refractivity contribution >= 4 is 28.1 Å². The third kappa shape index (κ3) is 23.5. The average Bonchev–Trinajstić information content (AvgIpc) is 3.05. The molecule has 0 spiro atoms. The fourth-order valence-electron chi connectivity index (χ4n) is 5.45. The molecule has 51 heavy (non-hydrogen) atoms. The molecule has 2 atom stereocenters. The van der Waals surface area contributed by atoms with Crippen molar-refractivity contribution in [1.82, 2.24) is 5.32 Å². The van der Waals surface area contributed by atoms with Crippen LogP contribution in [0.15, 0.2) is 29.2 Å². The van der Waals surface area contributed by atoms with Gasteiger partial charge in [0, 0.05) is 12.3 Å². The van der Waals surface area contributed by atoms with Crippen LogP contribution >= 0.6 is 0 Å². The van der Waals surface area contributed by atoms with E-state index in [1.54, 1.807) is 46.8 Å². The first kappa shape index (κ1) is 46.4. The molecule has 10 nitrogen and oxygen atoms in total. The highest BCUT2D eigenvalue weighted by molar-refractivity contribution is 7.86. The van der Waals surface area contributed by atoms with E-state index < -0.39 is 39.7 Å². The Bertz CT molecular complexity index is 1210. The number of carbonyl (C=O) groups excluding carboxylic acids is 3. The van der Waals surface area contributed by atoms with E-state index >= 15 is 0 Å². The van der Waals surface area contributed by atoms with Gasteiger partial charge in [-0.15, -0.1) is 0 Å². The van der Waals surface area contributed by atoms with Gasteiger partial charge in [0.15, 0.2) is 0 Å². The molecule has 0 unspecified atom stereocenters. The number of rotatable bonds is 28. The van der Waals surface area contributed by atoms with Crippen LogP contribution in [0.4, 0.5) is 4.79 Å². The zero-order chi connectivity index (χ0) is 38.1. The van der Waals surface area contributed by atoms with Gasteiger partial charge >= 0.3 is 18.0 Å². The van der Waals surface area contributed by atoms with Gasteiger partial charge in [-0.3, -0.25) is 8.98 Å². The van der Waals surface area contributed by atoms with Crippen LogP contribution in [0.25, 0.3) is 0 Å². The van der Waals surface area contributed by atoms with Crippen LogP contribution in [-0.2, 0) is 38.1 Å². The molecular weight excluding hydrogens is 671 g/mol. The number of hydrogen-bond acceptors (Lipinski definition) is 9. The van der Waals surface area contributed by atoms with E-state index in [9.17, 15) is 22.8 Å². The van der Waals surface area contributed by atoms with Crippen molar-refractivity contribution in [3.63, 3.8) is 0 Å². The molecule has 1 N–H and O–H groups in total. The molecule has 1 aromatic rings. The standard InChI is InChI=1S/C40H69NO9S/c1-8-9-10-11-12-13-14-15-16-17-18-19-20-21-22-23-36(42)48-30-34(31-49-51(45,46)35-26-24-33(4)25-27-35)28-29-47-38(43)37(32(2)3)41-39(44)50-40(5,6)7/h24-27,32,34,37H,8-23,28-31H2,1-7H3,(H,41,44)/t34-,37+/m0/s1. The molecule has 0 heterocycles. The Kier molecular flexibility index (Phi) is 23.8. The van der Waals surface area contributed by atoms with Gasteiger partial charge in [-0.1, -0.05) is 128 Å². The van der Waals surface area contributed by atoms with Crippen LogP contribution in [-0.4, -0.2) is 57.9 Å². The number of amides is 1. The zero-order valence-corrected chi connectivity index (χ0v) is 33.6. The molecule has 0 aliphatic carbocycles. The first-order chi connectivity index (χ1) is 24.1. The molecule has 0 aromatic heterocycles. The van der Waals surface area contributed by atoms with E-state index in [4.69, 9.17) is 18.4 Å². The molecule has 0 radical (unpaired) electrons. The molecule has 0 aliphatic rings. The van der Waals surface area contributed by atoms with Crippen LogP contribution in [0.3, 0.4) is 0 Å². The van der Waals surface area contributed by atoms with E-state index in [1.807, 2.05) is 6.92 Å². The van der Waals surface area contributed by atoms with E-state index in [2.05, 4.69) is 12.2 Å². The molecule has 0 saturated heterocycles. The normalized spacial score (nSPS) is 13.1. The van der Waals surface area contributed by atoms with Gasteiger partial charge < -0.3 is 19.5 Å². The van der Waals surface area contributed by atoms with Crippen LogP contribution < -0.4 is 5.32 Å². The quantitative estimate of drug-likeness (QED) is 0.0386. The third-order valence-corrected chi connectivity index (χ3v) is 9.89. The largest absolute Gasteiger partial charge is 0.465 e. The smallest absolute Gasteiger partial charge is 0.408 e. The van der Waals surface area contributed by atoms with Crippen LogP contribution in [0.1, 0.15) is 156 Å². The van der Waals surface area contributed by atoms with Crippen molar-refractivity contribution in [1.29, 1.82) is 0 Å². The Labute approximate surface area is 309 Å². The maximum Gasteiger partial charge on any atom is 0.408 e. The van der Waals surface area contributed by atoms with E-state index in [0.717, 1.165) is 24.8 Å². The lowest BCUT2D eigenvalue weighted by molar-refractivity contribution is -0.150. The molecule has 0 bridgehead atoms. The molecule has 0 saturated carbocycles. The molecular formula is C40H69NO9S. The lowest BCUT2D eigenvalue weighted by Crippen LogP contribution is -2.47. The van der Waals surface area contributed by atoms with Gasteiger partial charge in [-0.25, -0.2) is 9.59 Å². The number of ether oxygens (including phenoxy) is 3. The first-order valence-electron chi connectivity index (χ1n) is 19.4. The predicted molar refractivity (Wildman–Crippen MR) is 202 cm³/mol. The van der Waals surface area contributed by atoms with Crippen molar-refractivity contribution in [2.24, 2.45) is 11.8 Å². The maximum absolute atomic E-state index is 12.9. The van der Waals surface area contributed by atoms with Gasteiger partial charge in [-0.2, -0.15) is 8.42 Å². The summed E-state index contributed by atoms with van der Waals surface area (Å²) < 4.78 is 47.3. The SMILES string of the molecule is CCCCCCCCCCCCCCCCCC(=O)OC[C@H](CCOC(=O)[C@H](NC(=O)OC(C)(C)C)C(C)C)COS(=O)(=O)c1ccc(C)cc1. The highest BCUT2D eigenvalue weighted by Gasteiger charge is 2.29. The number of carbonyl (C=O) groups is 3. The van der Waals surface area contributed by atoms with Crippen molar-refractivity contribution in [3.8, 4) is 0 Å². The third-order valence-electron chi connectivity index (χ3n) is 8.60. The summed E-state index contributed by atoms with van der Waals surface area (Å²) in [5, 5.41) is 2.56. The monoisotopic (exact) mass is 739 g/mol. The molecule has 1 aromatic carbocycles. The average molecular weight is 740 g/mol. The van der Waals surface area contributed by atoms with E-state index in [1.165, 1.54) is 89.2 Å². The summed E-state index contributed by atoms with van der Waals surface area (Å²) in [7, 11) is -4.05. The zero-order valence-electron chi connectivity index (χ0n) is 32.8. The van der Waals surface area contributed by atoms with Gasteiger partial charge in [-0.05, 0) is 58.6 Å². The van der Waals surface area contributed by atoms with Crippen molar-refractivity contribution < 1.29 is 41.2 Å². The summed E-state index contributed by atoms with van der Waals surface area (Å²) in [6, 6.07) is 5.38. The number of alkyl carbamates (subject to hydrolysis) is 1. The summed E-state index contributed by atoms with van der Waals surface area (Å²) in [4.78, 5) is 37.8. The maximum atomic E-state index is 12.9. The second kappa shape index (κ2) is 26.2. The van der Waals surface area contributed by atoms with Crippen molar-refractivity contribution in [2.45, 2.75) is 174 Å². The Morgan fingerprint density at radius 2 is 1.25 bits per heavy atom. The van der Waals surface area contributed by atoms with E-state index in [-0.39, 0.29) is 49.4 Å². The van der Waals surface area contributed by atoms with Gasteiger partial charge in [0.1, 0.15) is 11.6 Å². The molecule has 0 fully saturated rings. The highest BCUT2D eigenvalue weighted by Crippen LogP contribution is 2.18. The summed E-state index contributed by atoms with van der Waals surface area (Å²) in [6.45, 7) is 12.4. The molecule has 11 heteroatoms. The van der Waals surface area contributed by atoms with Gasteiger partial charge in [0.2, 0.25) is 0 Å². The van der Waals surface area contributed by atoms with Crippen molar-refractivity contribution in [3.05, 3.63) is 29.8 Å². The number of esters is 2. The molecule has 0 aliphatic heterocycles. The van der Waals surface area contributed by atoms with Gasteiger partial charge in [0.25, 0.3) is 10.1 Å². The minimum absolute atomic E-state index is 0.0245. The first-order valence-corrected chi connectivity index (χ1v) is 20.8. The fraction of sp³-hybridized carbons (Fsp3) is 0.775. The Balaban J connectivity index is 2.52.